The third-order valence-electron chi connectivity index (χ3n) is 5.03. The zero-order chi connectivity index (χ0) is 16.3. The molecule has 1 saturated heterocycles. The van der Waals surface area contributed by atoms with Gasteiger partial charge in [0.2, 0.25) is 0 Å². The second-order valence-corrected chi connectivity index (χ2v) is 10.9. The normalized spacial score (nSPS) is 24.9. The van der Waals surface area contributed by atoms with Crippen LogP contribution in [0.3, 0.4) is 0 Å². The molecule has 0 spiro atoms. The summed E-state index contributed by atoms with van der Waals surface area (Å²) in [5.74, 6) is 0.162. The summed E-state index contributed by atoms with van der Waals surface area (Å²) in [5, 5.41) is 0. The Hall–Kier alpha value is -1.14. The lowest BCUT2D eigenvalue weighted by atomic mass is 9.94. The molecule has 0 aromatic carbocycles. The lowest BCUT2D eigenvalue weighted by Gasteiger charge is -2.48. The van der Waals surface area contributed by atoms with Crippen molar-refractivity contribution in [3.05, 3.63) is 12.7 Å². The molecule has 6 heteroatoms. The minimum absolute atomic E-state index is 0.124. The molecule has 2 fully saturated rings. The van der Waals surface area contributed by atoms with Crippen LogP contribution in [0.1, 0.15) is 33.6 Å². The van der Waals surface area contributed by atoms with Gasteiger partial charge in [-0.1, -0.05) is 33.4 Å². The molecule has 2 amide bonds. The van der Waals surface area contributed by atoms with Gasteiger partial charge in [-0.15, -0.1) is 0 Å². The highest BCUT2D eigenvalue weighted by atomic mass is 28.4. The Balaban J connectivity index is 2.08. The van der Waals surface area contributed by atoms with Crippen LogP contribution in [0.15, 0.2) is 12.7 Å². The number of ether oxygens (including phenoxy) is 1. The van der Waals surface area contributed by atoms with E-state index in [0.29, 0.717) is 5.92 Å². The highest BCUT2D eigenvalue weighted by Gasteiger charge is 2.59. The maximum absolute atomic E-state index is 12.4. The summed E-state index contributed by atoms with van der Waals surface area (Å²) in [7, 11) is -1.86. The van der Waals surface area contributed by atoms with Gasteiger partial charge in [0.1, 0.15) is 12.7 Å². The van der Waals surface area contributed by atoms with E-state index in [-0.39, 0.29) is 18.6 Å². The van der Waals surface area contributed by atoms with Gasteiger partial charge in [-0.25, -0.2) is 9.69 Å². The number of carbonyl (C=O) groups is 2. The van der Waals surface area contributed by atoms with Crippen LogP contribution in [-0.2, 0) is 14.0 Å². The molecule has 0 aromatic heterocycles. The number of likely N-dealkylation sites (tertiary alicyclic amines) is 1. The predicted molar refractivity (Wildman–Crippen MR) is 87.0 cm³/mol. The van der Waals surface area contributed by atoms with Crippen molar-refractivity contribution >= 4 is 20.3 Å². The number of rotatable bonds is 8. The molecule has 124 valence electrons. The second kappa shape index (κ2) is 6.96. The Kier molecular flexibility index (Phi) is 5.44. The number of carbonyl (C=O) groups excluding carboxylic acids is 2. The summed E-state index contributed by atoms with van der Waals surface area (Å²) in [6.07, 6.45) is 2.63. The van der Waals surface area contributed by atoms with Crippen LogP contribution in [0.2, 0.25) is 18.1 Å². The number of nitrogens with zero attached hydrogens (tertiary/aromatic N) is 1. The van der Waals surface area contributed by atoms with Gasteiger partial charge in [0, 0.05) is 0 Å². The Morgan fingerprint density at radius 1 is 1.32 bits per heavy atom. The van der Waals surface area contributed by atoms with Gasteiger partial charge in [0.25, 0.3) is 5.91 Å². The van der Waals surface area contributed by atoms with Gasteiger partial charge in [0.05, 0.1) is 6.04 Å². The molecule has 0 unspecified atom stereocenters. The van der Waals surface area contributed by atoms with Gasteiger partial charge in [0.15, 0.2) is 8.32 Å². The number of hydrogen-bond donors (Lipinski definition) is 0. The first-order chi connectivity index (χ1) is 10.5. The summed E-state index contributed by atoms with van der Waals surface area (Å²) >= 11 is 0. The summed E-state index contributed by atoms with van der Waals surface area (Å²) in [4.78, 5) is 25.7. The molecule has 0 aromatic rings. The Labute approximate surface area is 133 Å². The fraction of sp³-hybridized carbons (Fsp3) is 0.750. The summed E-state index contributed by atoms with van der Waals surface area (Å²) in [5.41, 5.74) is 0. The molecule has 2 aliphatic rings. The smallest absolute Gasteiger partial charge is 0.417 e. The largest absolute Gasteiger partial charge is 0.445 e. The number of β-lactam (4-membered cyclic amide) rings is 1. The topological polar surface area (TPSA) is 55.8 Å². The molecule has 22 heavy (non-hydrogen) atoms. The highest BCUT2D eigenvalue weighted by molar-refractivity contribution is 6.73. The van der Waals surface area contributed by atoms with Gasteiger partial charge in [-0.2, -0.15) is 0 Å². The van der Waals surface area contributed by atoms with Crippen LogP contribution in [-0.4, -0.2) is 44.0 Å². The van der Waals surface area contributed by atoms with Gasteiger partial charge < -0.3 is 9.16 Å². The lowest BCUT2D eigenvalue weighted by Crippen LogP contribution is -2.70. The Bertz CT molecular complexity index is 437. The van der Waals surface area contributed by atoms with Crippen LogP contribution >= 0.6 is 0 Å². The van der Waals surface area contributed by atoms with E-state index in [2.05, 4.69) is 27.4 Å². The molecule has 1 aliphatic heterocycles. The Morgan fingerprint density at radius 2 is 1.91 bits per heavy atom. The molecule has 1 saturated carbocycles. The third kappa shape index (κ3) is 3.13. The van der Waals surface area contributed by atoms with Crippen molar-refractivity contribution in [3.8, 4) is 0 Å². The van der Waals surface area contributed by atoms with Crippen molar-refractivity contribution in [1.29, 1.82) is 0 Å². The summed E-state index contributed by atoms with van der Waals surface area (Å²) in [6.45, 7) is 10.1. The fourth-order valence-electron chi connectivity index (χ4n) is 3.18. The quantitative estimate of drug-likeness (QED) is 0.390. The van der Waals surface area contributed by atoms with E-state index < -0.39 is 20.5 Å². The molecule has 0 radical (unpaired) electrons. The molecule has 1 heterocycles. The first-order valence-electron chi connectivity index (χ1n) is 8.32. The van der Waals surface area contributed by atoms with Crippen molar-refractivity contribution in [3.63, 3.8) is 0 Å². The molecule has 1 aliphatic carbocycles. The fourth-order valence-corrected chi connectivity index (χ4v) is 5.96. The van der Waals surface area contributed by atoms with Crippen LogP contribution < -0.4 is 0 Å². The van der Waals surface area contributed by atoms with E-state index in [4.69, 9.17) is 9.16 Å². The third-order valence-corrected chi connectivity index (χ3v) is 9.65. The van der Waals surface area contributed by atoms with Crippen molar-refractivity contribution < 1.29 is 18.8 Å². The van der Waals surface area contributed by atoms with Crippen molar-refractivity contribution in [2.75, 3.05) is 6.61 Å². The Morgan fingerprint density at radius 3 is 2.36 bits per heavy atom. The minimum Gasteiger partial charge on any atom is -0.445 e. The average Bonchev–Trinajstić information content (AvgIpc) is 3.36. The molecule has 0 N–H and O–H groups in total. The lowest BCUT2D eigenvalue weighted by molar-refractivity contribution is -0.161. The number of amides is 2. The van der Waals surface area contributed by atoms with E-state index in [9.17, 15) is 9.59 Å². The van der Waals surface area contributed by atoms with E-state index >= 15 is 0 Å². The molecule has 2 rings (SSSR count). The monoisotopic (exact) mass is 325 g/mol. The van der Waals surface area contributed by atoms with Gasteiger partial charge >= 0.3 is 6.09 Å². The standard InChI is InChI=1S/C16H27NO4Si/c1-5-11-20-16(19)17-13(12-9-10-12)14(15(17)18)21-22(6-2,7-3)8-4/h5,12-14H,1,6-11H2,2-4H3/t13-,14+/m1/s1. The second-order valence-electron chi connectivity index (χ2n) is 6.18. The minimum atomic E-state index is -1.86. The highest BCUT2D eigenvalue weighted by Crippen LogP contribution is 2.44. The molecule has 2 atom stereocenters. The van der Waals surface area contributed by atoms with E-state index in [1.807, 2.05) is 0 Å². The first kappa shape index (κ1) is 17.2. The van der Waals surface area contributed by atoms with Crippen LogP contribution in [0.5, 0.6) is 0 Å². The van der Waals surface area contributed by atoms with E-state index in [0.717, 1.165) is 31.0 Å². The van der Waals surface area contributed by atoms with Crippen molar-refractivity contribution in [2.45, 2.75) is 63.9 Å². The van der Waals surface area contributed by atoms with Crippen LogP contribution in [0.4, 0.5) is 4.79 Å². The zero-order valence-corrected chi connectivity index (χ0v) is 14.8. The van der Waals surface area contributed by atoms with E-state index in [1.54, 1.807) is 0 Å². The predicted octanol–water partition coefficient (Wildman–Crippen LogP) is 3.32. The number of imide groups is 1. The SMILES string of the molecule is C=CCOC(=O)N1C(=O)[C@@H](O[Si](CC)(CC)CC)[C@H]1C1CC1. The maximum Gasteiger partial charge on any atom is 0.417 e. The number of hydrogen-bond acceptors (Lipinski definition) is 4. The van der Waals surface area contributed by atoms with Crippen LogP contribution in [0.25, 0.3) is 0 Å². The average molecular weight is 325 g/mol. The maximum atomic E-state index is 12.4. The van der Waals surface area contributed by atoms with Gasteiger partial charge in [-0.3, -0.25) is 4.79 Å². The van der Waals surface area contributed by atoms with Crippen molar-refractivity contribution in [2.24, 2.45) is 5.92 Å². The molecular formula is C16H27NO4Si. The molecule has 5 nitrogen and oxygen atoms in total. The molecular weight excluding hydrogens is 298 g/mol. The molecule has 0 bridgehead atoms. The van der Waals surface area contributed by atoms with E-state index in [1.165, 1.54) is 11.0 Å². The zero-order valence-electron chi connectivity index (χ0n) is 13.8. The summed E-state index contributed by atoms with van der Waals surface area (Å²) < 4.78 is 11.4. The van der Waals surface area contributed by atoms with Crippen LogP contribution in [0, 0.1) is 5.92 Å². The summed E-state index contributed by atoms with van der Waals surface area (Å²) in [6, 6.07) is 2.88. The van der Waals surface area contributed by atoms with Crippen molar-refractivity contribution in [1.82, 2.24) is 4.90 Å². The first-order valence-corrected chi connectivity index (χ1v) is 10.8. The van der Waals surface area contributed by atoms with Gasteiger partial charge in [-0.05, 0) is 36.9 Å².